The number of unbranched alkanes of at least 4 members (excludes halogenated alkanes) is 2. The van der Waals surface area contributed by atoms with Gasteiger partial charge in [-0.3, -0.25) is 9.59 Å². The molecule has 0 fully saturated rings. The molecule has 0 aliphatic rings. The predicted octanol–water partition coefficient (Wildman–Crippen LogP) is 5.87. The molecule has 0 saturated carbocycles. The Morgan fingerprint density at radius 1 is 1.02 bits per heavy atom. The summed E-state index contributed by atoms with van der Waals surface area (Å²) in [6.45, 7) is 6.24. The number of amides is 1. The second-order valence-electron chi connectivity index (χ2n) is 9.68. The maximum Gasteiger partial charge on any atom is 0.305 e. The van der Waals surface area contributed by atoms with Crippen molar-refractivity contribution in [3.05, 3.63) is 65.6 Å². The summed E-state index contributed by atoms with van der Waals surface area (Å²) in [6.07, 6.45) is 3.67. The van der Waals surface area contributed by atoms with Gasteiger partial charge in [-0.05, 0) is 70.0 Å². The first-order chi connectivity index (χ1) is 19.2. The van der Waals surface area contributed by atoms with E-state index in [1.165, 1.54) is 13.2 Å². The highest BCUT2D eigenvalue weighted by Gasteiger charge is 2.18. The van der Waals surface area contributed by atoms with Crippen LogP contribution in [0.25, 0.3) is 22.3 Å². The number of fused-ring (bicyclic) bond motifs is 1. The Balaban J connectivity index is 1.43. The number of nitrogens with one attached hydrogen (secondary N) is 2. The second kappa shape index (κ2) is 12.6. The minimum atomic E-state index is -0.686. The first-order valence-electron chi connectivity index (χ1n) is 13.1. The number of carbonyl (C=O) groups is 2. The lowest BCUT2D eigenvalue weighted by molar-refractivity contribution is -0.140. The molecule has 0 bridgehead atoms. The van der Waals surface area contributed by atoms with E-state index in [0.29, 0.717) is 42.0 Å². The molecule has 0 spiro atoms. The van der Waals surface area contributed by atoms with Crippen molar-refractivity contribution in [3.8, 4) is 11.3 Å². The van der Waals surface area contributed by atoms with E-state index < -0.39 is 11.6 Å². The van der Waals surface area contributed by atoms with E-state index in [4.69, 9.17) is 0 Å². The average molecular weight is 551 g/mol. The Morgan fingerprint density at radius 2 is 1.77 bits per heavy atom. The monoisotopic (exact) mass is 550 g/mol. The third-order valence-corrected chi connectivity index (χ3v) is 6.43. The largest absolute Gasteiger partial charge is 0.469 e. The number of aromatic nitrogens is 4. The zero-order chi connectivity index (χ0) is 28.8. The summed E-state index contributed by atoms with van der Waals surface area (Å²) in [5.41, 5.74) is 2.08. The molecule has 2 aromatic heterocycles. The number of rotatable bonds is 11. The van der Waals surface area contributed by atoms with Gasteiger partial charge in [0.1, 0.15) is 17.0 Å². The molecule has 2 aromatic carbocycles. The summed E-state index contributed by atoms with van der Waals surface area (Å²) >= 11 is 0. The number of aryl methyl sites for hydroxylation is 1. The smallest absolute Gasteiger partial charge is 0.305 e. The second-order valence-corrected chi connectivity index (χ2v) is 9.68. The van der Waals surface area contributed by atoms with Crippen LogP contribution in [0.4, 0.5) is 20.4 Å². The average Bonchev–Trinajstić information content (AvgIpc) is 3.28. The summed E-state index contributed by atoms with van der Waals surface area (Å²) < 4.78 is 36.2. The lowest BCUT2D eigenvalue weighted by Crippen LogP contribution is -2.24. The highest BCUT2D eigenvalue weighted by molar-refractivity contribution is 5.94. The number of ether oxygens (including phenoxy) is 1. The van der Waals surface area contributed by atoms with Crippen molar-refractivity contribution in [2.75, 3.05) is 19.0 Å². The normalized spacial score (nSPS) is 11.2. The molecule has 1 amide bonds. The lowest BCUT2D eigenvalue weighted by Gasteiger charge is -2.12. The van der Waals surface area contributed by atoms with E-state index >= 15 is 0 Å². The molecule has 210 valence electrons. The number of anilines is 2. The van der Waals surface area contributed by atoms with Crippen LogP contribution in [0.2, 0.25) is 0 Å². The van der Waals surface area contributed by atoms with Gasteiger partial charge in [-0.1, -0.05) is 6.42 Å². The molecule has 2 N–H and O–H groups in total. The van der Waals surface area contributed by atoms with Gasteiger partial charge in [0.15, 0.2) is 11.6 Å². The van der Waals surface area contributed by atoms with Crippen LogP contribution in [0.3, 0.4) is 0 Å². The van der Waals surface area contributed by atoms with E-state index in [2.05, 4.69) is 30.3 Å². The minimum absolute atomic E-state index is 0.0372. The Morgan fingerprint density at radius 3 is 2.48 bits per heavy atom. The summed E-state index contributed by atoms with van der Waals surface area (Å²) in [4.78, 5) is 36.2. The number of methoxy groups -OCH3 is 1. The zero-order valence-corrected chi connectivity index (χ0v) is 22.9. The van der Waals surface area contributed by atoms with Crippen LogP contribution in [-0.2, 0) is 9.53 Å². The van der Waals surface area contributed by atoms with E-state index in [1.807, 2.05) is 18.4 Å². The fourth-order valence-corrected chi connectivity index (χ4v) is 4.50. The molecule has 0 saturated heterocycles. The van der Waals surface area contributed by atoms with Crippen molar-refractivity contribution in [3.63, 3.8) is 0 Å². The van der Waals surface area contributed by atoms with E-state index in [0.717, 1.165) is 19.0 Å². The van der Waals surface area contributed by atoms with Gasteiger partial charge in [-0.25, -0.2) is 23.7 Å². The van der Waals surface area contributed by atoms with Gasteiger partial charge >= 0.3 is 5.97 Å². The molecule has 0 unspecified atom stereocenters. The standard InChI is InChI=1S/C29H32F2N6O3/c1-17(2)37-18(3)34-27-22(30)14-20(15-24(27)37)26-23(31)16-33-29(36-26)35-21-11-9-19(10-12-21)28(39)32-13-7-5-6-8-25(38)40-4/h9-12,14-17H,5-8,13H2,1-4H3,(H,32,39)(H,33,35,36). The molecular formula is C29H32F2N6O3. The molecule has 2 heterocycles. The van der Waals surface area contributed by atoms with Gasteiger partial charge < -0.3 is 19.9 Å². The Labute approximate surface area is 231 Å². The van der Waals surface area contributed by atoms with Gasteiger partial charge in [0.05, 0.1) is 18.8 Å². The topological polar surface area (TPSA) is 111 Å². The van der Waals surface area contributed by atoms with Crippen molar-refractivity contribution in [2.45, 2.75) is 52.5 Å². The molecule has 0 aliphatic heterocycles. The molecule has 0 atom stereocenters. The number of nitrogens with zero attached hydrogens (tertiary/aromatic N) is 4. The number of esters is 1. The number of carbonyl (C=O) groups excluding carboxylic acids is 2. The van der Waals surface area contributed by atoms with Gasteiger partial charge in [-0.2, -0.15) is 0 Å². The minimum Gasteiger partial charge on any atom is -0.469 e. The number of imidazole rings is 1. The highest BCUT2D eigenvalue weighted by atomic mass is 19.1. The van der Waals surface area contributed by atoms with Crippen molar-refractivity contribution in [1.82, 2.24) is 24.8 Å². The van der Waals surface area contributed by atoms with E-state index in [9.17, 15) is 18.4 Å². The van der Waals surface area contributed by atoms with E-state index in [1.54, 1.807) is 37.3 Å². The molecule has 0 radical (unpaired) electrons. The van der Waals surface area contributed by atoms with Crippen LogP contribution < -0.4 is 10.6 Å². The third-order valence-electron chi connectivity index (χ3n) is 6.43. The zero-order valence-electron chi connectivity index (χ0n) is 22.9. The Kier molecular flexibility index (Phi) is 9.03. The number of benzene rings is 2. The summed E-state index contributed by atoms with van der Waals surface area (Å²) in [7, 11) is 1.36. The first-order valence-corrected chi connectivity index (χ1v) is 13.1. The van der Waals surface area contributed by atoms with Crippen molar-refractivity contribution in [1.29, 1.82) is 0 Å². The van der Waals surface area contributed by atoms with E-state index in [-0.39, 0.29) is 40.6 Å². The summed E-state index contributed by atoms with van der Waals surface area (Å²) in [5, 5.41) is 5.86. The van der Waals surface area contributed by atoms with Crippen LogP contribution in [0.15, 0.2) is 42.6 Å². The predicted molar refractivity (Wildman–Crippen MR) is 148 cm³/mol. The molecule has 4 rings (SSSR count). The number of hydrogen-bond acceptors (Lipinski definition) is 7. The number of hydrogen-bond donors (Lipinski definition) is 2. The van der Waals surface area contributed by atoms with Gasteiger partial charge in [0.2, 0.25) is 5.95 Å². The molecular weight excluding hydrogens is 518 g/mol. The van der Waals surface area contributed by atoms with Crippen molar-refractivity contribution < 1.29 is 23.1 Å². The summed E-state index contributed by atoms with van der Waals surface area (Å²) in [6, 6.07) is 9.62. The van der Waals surface area contributed by atoms with Crippen LogP contribution in [0.1, 0.15) is 61.8 Å². The molecule has 40 heavy (non-hydrogen) atoms. The van der Waals surface area contributed by atoms with Gasteiger partial charge in [0, 0.05) is 35.8 Å². The van der Waals surface area contributed by atoms with Crippen LogP contribution in [0.5, 0.6) is 0 Å². The van der Waals surface area contributed by atoms with Crippen molar-refractivity contribution >= 4 is 34.5 Å². The van der Waals surface area contributed by atoms with Crippen molar-refractivity contribution in [2.24, 2.45) is 0 Å². The molecule has 4 aromatic rings. The summed E-state index contributed by atoms with van der Waals surface area (Å²) in [5.74, 6) is -0.908. The molecule has 9 nitrogen and oxygen atoms in total. The number of halogens is 2. The van der Waals surface area contributed by atoms with Crippen LogP contribution in [0, 0.1) is 18.6 Å². The first kappa shape index (κ1) is 28.6. The SMILES string of the molecule is COC(=O)CCCCCNC(=O)c1ccc(Nc2ncc(F)c(-c3cc(F)c4nc(C)n(C(C)C)c4c3)n2)cc1. The Bertz CT molecular complexity index is 1520. The maximum absolute atomic E-state index is 14.9. The molecule has 0 aliphatic carbocycles. The maximum atomic E-state index is 14.9. The third kappa shape index (κ3) is 6.59. The fourth-order valence-electron chi connectivity index (χ4n) is 4.50. The lowest BCUT2D eigenvalue weighted by atomic mass is 10.1. The van der Waals surface area contributed by atoms with Crippen LogP contribution in [-0.4, -0.2) is 45.1 Å². The van der Waals surface area contributed by atoms with Gasteiger partial charge in [-0.15, -0.1) is 0 Å². The highest BCUT2D eigenvalue weighted by Crippen LogP contribution is 2.30. The van der Waals surface area contributed by atoms with Crippen LogP contribution >= 0.6 is 0 Å². The molecule has 11 heteroatoms. The fraction of sp³-hybridized carbons (Fsp3) is 0.345. The van der Waals surface area contributed by atoms with Gasteiger partial charge in [0.25, 0.3) is 5.91 Å². The quantitative estimate of drug-likeness (QED) is 0.178. The Hall–Kier alpha value is -4.41.